The molecule has 110 valence electrons. The molecule has 1 amide bonds. The van der Waals surface area contributed by atoms with Gasteiger partial charge in [0.25, 0.3) is 5.91 Å². The highest BCUT2D eigenvalue weighted by Crippen LogP contribution is 2.47. The second-order valence-electron chi connectivity index (χ2n) is 5.10. The van der Waals surface area contributed by atoms with Crippen LogP contribution in [0.2, 0.25) is 0 Å². The molecule has 0 atom stereocenters. The van der Waals surface area contributed by atoms with Crippen LogP contribution in [0.25, 0.3) is 0 Å². The van der Waals surface area contributed by atoms with Gasteiger partial charge in [-0.1, -0.05) is 0 Å². The molecule has 0 saturated heterocycles. The first-order valence-electron chi connectivity index (χ1n) is 6.25. The molecule has 1 aliphatic rings. The van der Waals surface area contributed by atoms with E-state index >= 15 is 0 Å². The van der Waals surface area contributed by atoms with Gasteiger partial charge >= 0.3 is 0 Å². The normalized spacial score (nSPS) is 16.0. The van der Waals surface area contributed by atoms with Crippen LogP contribution in [0.3, 0.4) is 0 Å². The molecular weight excluding hydrogens is 273 g/mol. The van der Waals surface area contributed by atoms with E-state index < -0.39 is 34.7 Å². The molecule has 0 bridgehead atoms. The van der Waals surface area contributed by atoms with Crippen molar-refractivity contribution in [1.29, 1.82) is 0 Å². The highest BCUT2D eigenvalue weighted by Gasteiger charge is 2.41. The number of amides is 1. The van der Waals surface area contributed by atoms with E-state index in [0.717, 1.165) is 19.3 Å². The lowest BCUT2D eigenvalue weighted by Crippen LogP contribution is -2.32. The van der Waals surface area contributed by atoms with E-state index in [-0.39, 0.29) is 5.41 Å². The first kappa shape index (κ1) is 14.6. The first-order chi connectivity index (χ1) is 9.40. The van der Waals surface area contributed by atoms with E-state index in [4.69, 9.17) is 10.8 Å². The zero-order valence-electron chi connectivity index (χ0n) is 10.7. The summed E-state index contributed by atoms with van der Waals surface area (Å²) < 4.78 is 39.5. The number of rotatable bonds is 5. The second-order valence-corrected chi connectivity index (χ2v) is 5.10. The zero-order chi connectivity index (χ0) is 14.9. The SMILES string of the molecule is NCCC1(CNC(=O)c2cc(F)c(F)c(O)c2F)CC1. The Morgan fingerprint density at radius 1 is 1.35 bits per heavy atom. The van der Waals surface area contributed by atoms with Crippen LogP contribution in [0.5, 0.6) is 5.75 Å². The number of carbonyl (C=O) groups is 1. The van der Waals surface area contributed by atoms with Crippen LogP contribution in [0.15, 0.2) is 6.07 Å². The van der Waals surface area contributed by atoms with Crippen molar-refractivity contribution in [3.8, 4) is 5.75 Å². The van der Waals surface area contributed by atoms with Crippen molar-refractivity contribution in [2.75, 3.05) is 13.1 Å². The van der Waals surface area contributed by atoms with Crippen molar-refractivity contribution >= 4 is 5.91 Å². The lowest BCUT2D eigenvalue weighted by Gasteiger charge is -2.15. The van der Waals surface area contributed by atoms with Crippen LogP contribution < -0.4 is 11.1 Å². The van der Waals surface area contributed by atoms with Gasteiger partial charge in [-0.15, -0.1) is 0 Å². The van der Waals surface area contributed by atoms with Crippen LogP contribution in [-0.2, 0) is 0 Å². The number of nitrogens with one attached hydrogen (secondary N) is 1. The fraction of sp³-hybridized carbons (Fsp3) is 0.462. The van der Waals surface area contributed by atoms with Crippen LogP contribution in [0, 0.1) is 22.9 Å². The molecule has 20 heavy (non-hydrogen) atoms. The third-order valence-corrected chi connectivity index (χ3v) is 3.63. The summed E-state index contributed by atoms with van der Waals surface area (Å²) in [6, 6.07) is 0.433. The van der Waals surface area contributed by atoms with Crippen molar-refractivity contribution in [3.05, 3.63) is 29.1 Å². The monoisotopic (exact) mass is 288 g/mol. The molecule has 2 rings (SSSR count). The molecule has 1 fully saturated rings. The highest BCUT2D eigenvalue weighted by atomic mass is 19.2. The number of phenolic OH excluding ortho intramolecular Hbond substituents is 1. The van der Waals surface area contributed by atoms with Crippen LogP contribution in [0.1, 0.15) is 29.6 Å². The van der Waals surface area contributed by atoms with E-state index in [9.17, 15) is 18.0 Å². The molecule has 0 heterocycles. The summed E-state index contributed by atoms with van der Waals surface area (Å²) in [4.78, 5) is 11.8. The summed E-state index contributed by atoms with van der Waals surface area (Å²) in [6.07, 6.45) is 2.56. The maximum Gasteiger partial charge on any atom is 0.254 e. The topological polar surface area (TPSA) is 75.3 Å². The number of aromatic hydroxyl groups is 1. The molecule has 0 radical (unpaired) electrons. The molecule has 1 saturated carbocycles. The minimum Gasteiger partial charge on any atom is -0.503 e. The number of hydrogen-bond donors (Lipinski definition) is 3. The van der Waals surface area contributed by atoms with Gasteiger partial charge in [0, 0.05) is 6.54 Å². The van der Waals surface area contributed by atoms with Crippen LogP contribution in [-0.4, -0.2) is 24.1 Å². The predicted octanol–water partition coefficient (Wildman–Crippen LogP) is 1.67. The van der Waals surface area contributed by atoms with Gasteiger partial charge in [-0.25, -0.2) is 8.78 Å². The number of hydrogen-bond acceptors (Lipinski definition) is 3. The van der Waals surface area contributed by atoms with Crippen LogP contribution >= 0.6 is 0 Å². The fourth-order valence-corrected chi connectivity index (χ4v) is 2.12. The quantitative estimate of drug-likeness (QED) is 0.721. The average molecular weight is 288 g/mol. The number of halogens is 3. The first-order valence-corrected chi connectivity index (χ1v) is 6.25. The molecule has 0 unspecified atom stereocenters. The molecule has 4 N–H and O–H groups in total. The Labute approximate surface area is 113 Å². The Morgan fingerprint density at radius 3 is 2.55 bits per heavy atom. The molecule has 1 aromatic carbocycles. The Kier molecular flexibility index (Phi) is 3.89. The van der Waals surface area contributed by atoms with E-state index in [1.807, 2.05) is 0 Å². The molecule has 1 aliphatic carbocycles. The Balaban J connectivity index is 2.10. The van der Waals surface area contributed by atoms with E-state index in [0.29, 0.717) is 19.2 Å². The molecule has 0 aromatic heterocycles. The fourth-order valence-electron chi connectivity index (χ4n) is 2.12. The smallest absolute Gasteiger partial charge is 0.254 e. The van der Waals surface area contributed by atoms with Gasteiger partial charge in [0.1, 0.15) is 0 Å². The summed E-state index contributed by atoms with van der Waals surface area (Å²) in [7, 11) is 0. The molecule has 1 aromatic rings. The maximum atomic E-state index is 13.5. The third kappa shape index (κ3) is 2.72. The van der Waals surface area contributed by atoms with E-state index in [1.54, 1.807) is 0 Å². The summed E-state index contributed by atoms with van der Waals surface area (Å²) in [5.74, 6) is -7.03. The zero-order valence-corrected chi connectivity index (χ0v) is 10.7. The summed E-state index contributed by atoms with van der Waals surface area (Å²) >= 11 is 0. The minimum atomic E-state index is -1.71. The molecular formula is C13H15F3N2O2. The van der Waals surface area contributed by atoms with E-state index in [1.165, 1.54) is 0 Å². The summed E-state index contributed by atoms with van der Waals surface area (Å²) in [6.45, 7) is 0.776. The maximum absolute atomic E-state index is 13.5. The Bertz CT molecular complexity index is 545. The summed E-state index contributed by atoms with van der Waals surface area (Å²) in [5, 5.41) is 11.5. The van der Waals surface area contributed by atoms with Crippen molar-refractivity contribution in [1.82, 2.24) is 5.32 Å². The average Bonchev–Trinajstić information content (AvgIpc) is 3.18. The predicted molar refractivity (Wildman–Crippen MR) is 65.7 cm³/mol. The van der Waals surface area contributed by atoms with Gasteiger partial charge in [0.15, 0.2) is 17.4 Å². The third-order valence-electron chi connectivity index (χ3n) is 3.63. The van der Waals surface area contributed by atoms with Crippen molar-refractivity contribution < 1.29 is 23.1 Å². The van der Waals surface area contributed by atoms with Gasteiger partial charge in [0.05, 0.1) is 5.56 Å². The van der Waals surface area contributed by atoms with Gasteiger partial charge in [0.2, 0.25) is 5.82 Å². The molecule has 4 nitrogen and oxygen atoms in total. The summed E-state index contributed by atoms with van der Waals surface area (Å²) in [5.41, 5.74) is 4.67. The Morgan fingerprint density at radius 2 is 2.00 bits per heavy atom. The van der Waals surface area contributed by atoms with E-state index in [2.05, 4.69) is 5.32 Å². The van der Waals surface area contributed by atoms with Gasteiger partial charge < -0.3 is 16.2 Å². The lowest BCUT2D eigenvalue weighted by atomic mass is 10.0. The second kappa shape index (κ2) is 5.32. The lowest BCUT2D eigenvalue weighted by molar-refractivity contribution is 0.0938. The highest BCUT2D eigenvalue weighted by molar-refractivity contribution is 5.95. The number of phenols is 1. The number of benzene rings is 1. The van der Waals surface area contributed by atoms with Gasteiger partial charge in [-0.3, -0.25) is 4.79 Å². The van der Waals surface area contributed by atoms with Gasteiger partial charge in [-0.2, -0.15) is 4.39 Å². The standard InChI is InChI=1S/C13H15F3N2O2/c14-8-5-7(9(15)11(19)10(8)16)12(20)18-6-13(1-2-13)3-4-17/h5,19H,1-4,6,17H2,(H,18,20). The number of carbonyl (C=O) groups excluding carboxylic acids is 1. The van der Waals surface area contributed by atoms with Crippen LogP contribution in [0.4, 0.5) is 13.2 Å². The van der Waals surface area contributed by atoms with Gasteiger partial charge in [-0.05, 0) is 37.3 Å². The Hall–Kier alpha value is -1.76. The minimum absolute atomic E-state index is 0.0680. The molecule has 0 aliphatic heterocycles. The van der Waals surface area contributed by atoms with Crippen molar-refractivity contribution in [2.24, 2.45) is 11.1 Å². The largest absolute Gasteiger partial charge is 0.503 e. The molecule has 7 heteroatoms. The van der Waals surface area contributed by atoms with Crippen molar-refractivity contribution in [3.63, 3.8) is 0 Å². The number of nitrogens with two attached hydrogens (primary N) is 1. The molecule has 0 spiro atoms. The van der Waals surface area contributed by atoms with Crippen molar-refractivity contribution in [2.45, 2.75) is 19.3 Å².